The highest BCUT2D eigenvalue weighted by molar-refractivity contribution is 5.88. The molecular formula is C15H23N3O3. The van der Waals surface area contributed by atoms with Crippen LogP contribution in [0.25, 0.3) is 0 Å². The first-order chi connectivity index (χ1) is 9.99. The zero-order chi connectivity index (χ0) is 15.7. The van der Waals surface area contributed by atoms with Crippen LogP contribution in [0.1, 0.15) is 31.9 Å². The summed E-state index contributed by atoms with van der Waals surface area (Å²) in [7, 11) is 0. The SMILES string of the molecule is CC(=O)NCCNCCC(O)c1cccc(NC(C)=O)c1. The largest absolute Gasteiger partial charge is 0.388 e. The maximum Gasteiger partial charge on any atom is 0.221 e. The number of benzene rings is 1. The molecule has 6 nitrogen and oxygen atoms in total. The predicted octanol–water partition coefficient (Wildman–Crippen LogP) is 0.794. The lowest BCUT2D eigenvalue weighted by Gasteiger charge is -2.13. The molecule has 21 heavy (non-hydrogen) atoms. The quantitative estimate of drug-likeness (QED) is 0.534. The molecule has 0 aliphatic heterocycles. The van der Waals surface area contributed by atoms with Crippen molar-refractivity contribution in [2.45, 2.75) is 26.4 Å². The molecule has 0 radical (unpaired) electrons. The van der Waals surface area contributed by atoms with Crippen LogP contribution in [0.5, 0.6) is 0 Å². The molecule has 116 valence electrons. The topological polar surface area (TPSA) is 90.5 Å². The number of aliphatic hydroxyl groups is 1. The summed E-state index contributed by atoms with van der Waals surface area (Å²) >= 11 is 0. The van der Waals surface area contributed by atoms with E-state index in [2.05, 4.69) is 16.0 Å². The van der Waals surface area contributed by atoms with Crippen LogP contribution in [0.15, 0.2) is 24.3 Å². The molecule has 0 fully saturated rings. The van der Waals surface area contributed by atoms with Gasteiger partial charge in [0.25, 0.3) is 0 Å². The second kappa shape index (κ2) is 9.10. The second-order valence-electron chi connectivity index (χ2n) is 4.84. The third kappa shape index (κ3) is 7.43. The van der Waals surface area contributed by atoms with Crippen molar-refractivity contribution in [1.82, 2.24) is 10.6 Å². The van der Waals surface area contributed by atoms with Gasteiger partial charge in [0.05, 0.1) is 6.10 Å². The van der Waals surface area contributed by atoms with E-state index in [9.17, 15) is 14.7 Å². The molecule has 1 aromatic rings. The lowest BCUT2D eigenvalue weighted by molar-refractivity contribution is -0.119. The standard InChI is InChI=1S/C15H23N3O3/c1-11(19)17-9-8-16-7-6-15(21)13-4-3-5-14(10-13)18-12(2)20/h3-5,10,15-16,21H,6-9H2,1-2H3,(H,17,19)(H,18,20). The molecule has 0 spiro atoms. The van der Waals surface area contributed by atoms with E-state index in [4.69, 9.17) is 0 Å². The zero-order valence-corrected chi connectivity index (χ0v) is 12.5. The van der Waals surface area contributed by atoms with Gasteiger partial charge in [-0.1, -0.05) is 12.1 Å². The molecule has 0 saturated heterocycles. The first-order valence-corrected chi connectivity index (χ1v) is 7.00. The van der Waals surface area contributed by atoms with Gasteiger partial charge in [0.15, 0.2) is 0 Å². The van der Waals surface area contributed by atoms with Crippen LogP contribution in [0.2, 0.25) is 0 Å². The highest BCUT2D eigenvalue weighted by Crippen LogP contribution is 2.19. The van der Waals surface area contributed by atoms with Gasteiger partial charge in [-0.15, -0.1) is 0 Å². The van der Waals surface area contributed by atoms with Gasteiger partial charge in [0.1, 0.15) is 0 Å². The number of amides is 2. The molecule has 1 unspecified atom stereocenters. The van der Waals surface area contributed by atoms with Gasteiger partial charge in [-0.05, 0) is 30.7 Å². The minimum atomic E-state index is -0.591. The Labute approximate surface area is 124 Å². The first kappa shape index (κ1) is 17.1. The average Bonchev–Trinajstić information content (AvgIpc) is 2.41. The Morgan fingerprint density at radius 1 is 1.14 bits per heavy atom. The van der Waals surface area contributed by atoms with Crippen LogP contribution >= 0.6 is 0 Å². The summed E-state index contributed by atoms with van der Waals surface area (Å²) in [6.07, 6.45) is -0.0316. The van der Waals surface area contributed by atoms with E-state index in [1.54, 1.807) is 18.2 Å². The number of carbonyl (C=O) groups is 2. The molecule has 6 heteroatoms. The molecule has 0 bridgehead atoms. The van der Waals surface area contributed by atoms with E-state index in [1.165, 1.54) is 13.8 Å². The lowest BCUT2D eigenvalue weighted by atomic mass is 10.1. The molecule has 4 N–H and O–H groups in total. The summed E-state index contributed by atoms with van der Waals surface area (Å²) in [4.78, 5) is 21.7. The minimum Gasteiger partial charge on any atom is -0.388 e. The molecule has 2 amide bonds. The monoisotopic (exact) mass is 293 g/mol. The van der Waals surface area contributed by atoms with E-state index in [1.807, 2.05) is 6.07 Å². The number of hydrogen-bond donors (Lipinski definition) is 4. The Morgan fingerprint density at radius 3 is 2.57 bits per heavy atom. The number of carbonyl (C=O) groups excluding carboxylic acids is 2. The number of aliphatic hydroxyl groups excluding tert-OH is 1. The molecule has 1 atom stereocenters. The highest BCUT2D eigenvalue weighted by Gasteiger charge is 2.08. The van der Waals surface area contributed by atoms with Crippen molar-refractivity contribution in [3.63, 3.8) is 0 Å². The summed E-state index contributed by atoms with van der Waals surface area (Å²) in [5.74, 6) is -0.187. The fraction of sp³-hybridized carbons (Fsp3) is 0.467. The van der Waals surface area contributed by atoms with E-state index >= 15 is 0 Å². The number of hydrogen-bond acceptors (Lipinski definition) is 4. The van der Waals surface area contributed by atoms with Crippen molar-refractivity contribution >= 4 is 17.5 Å². The van der Waals surface area contributed by atoms with Crippen molar-refractivity contribution in [2.75, 3.05) is 25.0 Å². The molecule has 1 rings (SSSR count). The fourth-order valence-electron chi connectivity index (χ4n) is 1.88. The third-order valence-corrected chi connectivity index (χ3v) is 2.86. The number of nitrogens with one attached hydrogen (secondary N) is 3. The maximum atomic E-state index is 11.0. The Kier molecular flexibility index (Phi) is 7.42. The Bertz CT molecular complexity index is 477. The van der Waals surface area contributed by atoms with Gasteiger partial charge in [-0.3, -0.25) is 9.59 Å². The number of anilines is 1. The fourth-order valence-corrected chi connectivity index (χ4v) is 1.88. The Hall–Kier alpha value is -1.92. The molecule has 1 aromatic carbocycles. The summed E-state index contributed by atoms with van der Waals surface area (Å²) in [6, 6.07) is 7.17. The van der Waals surface area contributed by atoms with E-state index in [0.29, 0.717) is 31.7 Å². The van der Waals surface area contributed by atoms with Gasteiger partial charge < -0.3 is 21.1 Å². The van der Waals surface area contributed by atoms with Crippen molar-refractivity contribution in [2.24, 2.45) is 0 Å². The van der Waals surface area contributed by atoms with Crippen LogP contribution in [-0.2, 0) is 9.59 Å². The minimum absolute atomic E-state index is 0.0494. The summed E-state index contributed by atoms with van der Waals surface area (Å²) < 4.78 is 0. The average molecular weight is 293 g/mol. The smallest absolute Gasteiger partial charge is 0.221 e. The summed E-state index contributed by atoms with van der Waals surface area (Å²) in [5.41, 5.74) is 1.45. The number of rotatable bonds is 8. The second-order valence-corrected chi connectivity index (χ2v) is 4.84. The van der Waals surface area contributed by atoms with Crippen LogP contribution in [-0.4, -0.2) is 36.6 Å². The molecule has 0 heterocycles. The lowest BCUT2D eigenvalue weighted by Crippen LogP contribution is -2.31. The van der Waals surface area contributed by atoms with E-state index in [-0.39, 0.29) is 11.8 Å². The van der Waals surface area contributed by atoms with Crippen molar-refractivity contribution in [3.8, 4) is 0 Å². The van der Waals surface area contributed by atoms with Crippen LogP contribution < -0.4 is 16.0 Å². The van der Waals surface area contributed by atoms with Crippen molar-refractivity contribution in [1.29, 1.82) is 0 Å². The Balaban J connectivity index is 2.33. The predicted molar refractivity (Wildman–Crippen MR) is 81.9 cm³/mol. The molecule has 0 aliphatic rings. The van der Waals surface area contributed by atoms with Gasteiger partial charge in [0, 0.05) is 32.6 Å². The Morgan fingerprint density at radius 2 is 1.90 bits per heavy atom. The molecule has 0 saturated carbocycles. The van der Waals surface area contributed by atoms with Gasteiger partial charge in [0.2, 0.25) is 11.8 Å². The van der Waals surface area contributed by atoms with Gasteiger partial charge in [-0.25, -0.2) is 0 Å². The summed E-state index contributed by atoms with van der Waals surface area (Å²) in [6.45, 7) is 4.81. The first-order valence-electron chi connectivity index (χ1n) is 7.00. The zero-order valence-electron chi connectivity index (χ0n) is 12.5. The summed E-state index contributed by atoms with van der Waals surface area (Å²) in [5, 5.41) is 18.6. The van der Waals surface area contributed by atoms with E-state index < -0.39 is 6.10 Å². The van der Waals surface area contributed by atoms with Gasteiger partial charge >= 0.3 is 0 Å². The molecular weight excluding hydrogens is 270 g/mol. The van der Waals surface area contributed by atoms with E-state index in [0.717, 1.165) is 5.56 Å². The van der Waals surface area contributed by atoms with Crippen molar-refractivity contribution < 1.29 is 14.7 Å². The highest BCUT2D eigenvalue weighted by atomic mass is 16.3. The van der Waals surface area contributed by atoms with Gasteiger partial charge in [-0.2, -0.15) is 0 Å². The normalized spacial score (nSPS) is 11.8. The molecule has 0 aromatic heterocycles. The van der Waals surface area contributed by atoms with Crippen LogP contribution in [0, 0.1) is 0 Å². The molecule has 0 aliphatic carbocycles. The van der Waals surface area contributed by atoms with Crippen LogP contribution in [0.3, 0.4) is 0 Å². The maximum absolute atomic E-state index is 11.0. The third-order valence-electron chi connectivity index (χ3n) is 2.86. The van der Waals surface area contributed by atoms with Crippen LogP contribution in [0.4, 0.5) is 5.69 Å². The van der Waals surface area contributed by atoms with Crippen molar-refractivity contribution in [3.05, 3.63) is 29.8 Å².